The lowest BCUT2D eigenvalue weighted by Crippen LogP contribution is -2.31. The normalized spacial score (nSPS) is 30.3. The van der Waals surface area contributed by atoms with Crippen LogP contribution < -0.4 is 0 Å². The Kier molecular flexibility index (Phi) is 3.34. The highest BCUT2D eigenvalue weighted by molar-refractivity contribution is 5.27. The molecule has 1 aliphatic rings. The minimum atomic E-state index is -0.566. The number of hydrogen-bond acceptors (Lipinski definition) is 1. The fraction of sp³-hybridized carbons (Fsp3) is 0.600. The first kappa shape index (κ1) is 11.7. The summed E-state index contributed by atoms with van der Waals surface area (Å²) in [6.45, 7) is 4.40. The van der Waals surface area contributed by atoms with Gasteiger partial charge in [0.15, 0.2) is 0 Å². The molecule has 0 bridgehead atoms. The Morgan fingerprint density at radius 3 is 2.56 bits per heavy atom. The van der Waals surface area contributed by atoms with E-state index in [1.165, 1.54) is 12.0 Å². The van der Waals surface area contributed by atoms with Crippen molar-refractivity contribution >= 4 is 0 Å². The Balaban J connectivity index is 2.20. The molecule has 1 nitrogen and oxygen atoms in total. The van der Waals surface area contributed by atoms with Crippen molar-refractivity contribution in [3.63, 3.8) is 0 Å². The highest BCUT2D eigenvalue weighted by Gasteiger charge is 2.33. The molecule has 1 heteroatoms. The van der Waals surface area contributed by atoms with Crippen molar-refractivity contribution < 1.29 is 5.11 Å². The molecule has 0 radical (unpaired) electrons. The molecule has 0 unspecified atom stereocenters. The van der Waals surface area contributed by atoms with Crippen LogP contribution in [0, 0.1) is 5.92 Å². The van der Waals surface area contributed by atoms with E-state index in [1.807, 2.05) is 0 Å². The number of benzene rings is 1. The molecule has 2 rings (SSSR count). The van der Waals surface area contributed by atoms with Crippen molar-refractivity contribution in [2.75, 3.05) is 0 Å². The van der Waals surface area contributed by atoms with E-state index < -0.39 is 5.60 Å². The molecular formula is C15H22O. The van der Waals surface area contributed by atoms with Crippen molar-refractivity contribution in [2.45, 2.75) is 51.6 Å². The maximum atomic E-state index is 10.7. The molecule has 2 atom stereocenters. The van der Waals surface area contributed by atoms with Crippen LogP contribution in [0.3, 0.4) is 0 Å². The summed E-state index contributed by atoms with van der Waals surface area (Å²) in [5.41, 5.74) is 1.89. The fourth-order valence-electron chi connectivity index (χ4n) is 2.84. The van der Waals surface area contributed by atoms with Crippen LogP contribution in [0.1, 0.15) is 50.7 Å². The van der Waals surface area contributed by atoms with Crippen molar-refractivity contribution in [1.29, 1.82) is 0 Å². The van der Waals surface area contributed by atoms with E-state index in [1.54, 1.807) is 0 Å². The number of hydrogen-bond donors (Lipinski definition) is 1. The lowest BCUT2D eigenvalue weighted by Gasteiger charge is -2.36. The van der Waals surface area contributed by atoms with Gasteiger partial charge in [0.1, 0.15) is 0 Å². The maximum Gasteiger partial charge on any atom is 0.0899 e. The lowest BCUT2D eigenvalue weighted by molar-refractivity contribution is -0.0178. The minimum absolute atomic E-state index is 0.566. The first-order valence-corrected chi connectivity index (χ1v) is 6.46. The molecule has 1 aliphatic carbocycles. The van der Waals surface area contributed by atoms with Gasteiger partial charge in [0.25, 0.3) is 0 Å². The third kappa shape index (κ3) is 2.30. The molecule has 0 heterocycles. The molecule has 1 fully saturated rings. The van der Waals surface area contributed by atoms with Gasteiger partial charge in [-0.05, 0) is 42.7 Å². The molecule has 0 aliphatic heterocycles. The summed E-state index contributed by atoms with van der Waals surface area (Å²) in [5.74, 6) is 0.643. The van der Waals surface area contributed by atoms with Crippen molar-refractivity contribution in [3.8, 4) is 0 Å². The monoisotopic (exact) mass is 218 g/mol. The Morgan fingerprint density at radius 1 is 1.31 bits per heavy atom. The van der Waals surface area contributed by atoms with Crippen LogP contribution in [0.4, 0.5) is 0 Å². The summed E-state index contributed by atoms with van der Waals surface area (Å²) in [7, 11) is 0. The van der Waals surface area contributed by atoms with Crippen molar-refractivity contribution in [1.82, 2.24) is 0 Å². The van der Waals surface area contributed by atoms with Gasteiger partial charge in [0.2, 0.25) is 0 Å². The zero-order valence-corrected chi connectivity index (χ0v) is 10.4. The van der Waals surface area contributed by atoms with E-state index in [0.717, 1.165) is 31.2 Å². The van der Waals surface area contributed by atoms with Gasteiger partial charge in [-0.2, -0.15) is 0 Å². The van der Waals surface area contributed by atoms with Gasteiger partial charge >= 0.3 is 0 Å². The smallest absolute Gasteiger partial charge is 0.0899 e. The average Bonchev–Trinajstić information content (AvgIpc) is 2.29. The lowest BCUT2D eigenvalue weighted by atomic mass is 9.75. The van der Waals surface area contributed by atoms with E-state index in [4.69, 9.17) is 0 Å². The zero-order chi connectivity index (χ0) is 11.6. The minimum Gasteiger partial charge on any atom is -0.385 e. The Hall–Kier alpha value is -0.820. The third-order valence-electron chi connectivity index (χ3n) is 3.87. The van der Waals surface area contributed by atoms with Crippen molar-refractivity contribution in [2.24, 2.45) is 5.92 Å². The largest absolute Gasteiger partial charge is 0.385 e. The number of aliphatic hydroxyl groups is 1. The van der Waals surface area contributed by atoms with Crippen LogP contribution in [0.15, 0.2) is 24.3 Å². The summed E-state index contributed by atoms with van der Waals surface area (Å²) in [5, 5.41) is 10.7. The topological polar surface area (TPSA) is 20.2 Å². The van der Waals surface area contributed by atoms with Crippen LogP contribution in [-0.2, 0) is 12.0 Å². The number of aryl methyl sites for hydroxylation is 1. The summed E-state index contributed by atoms with van der Waals surface area (Å²) in [6.07, 6.45) is 5.30. The molecular weight excluding hydrogens is 196 g/mol. The predicted octanol–water partition coefficient (Wildman–Crippen LogP) is 3.65. The van der Waals surface area contributed by atoms with Crippen LogP contribution in [-0.4, -0.2) is 5.11 Å². The van der Waals surface area contributed by atoms with E-state index in [2.05, 4.69) is 38.1 Å². The molecule has 0 aromatic heterocycles. The van der Waals surface area contributed by atoms with E-state index in [9.17, 15) is 5.11 Å². The van der Waals surface area contributed by atoms with Gasteiger partial charge in [-0.25, -0.2) is 0 Å². The summed E-state index contributed by atoms with van der Waals surface area (Å²) in [6, 6.07) is 8.51. The van der Waals surface area contributed by atoms with E-state index in [0.29, 0.717) is 5.92 Å². The summed E-state index contributed by atoms with van der Waals surface area (Å²) >= 11 is 0. The first-order valence-electron chi connectivity index (χ1n) is 6.46. The molecule has 1 aromatic carbocycles. The van der Waals surface area contributed by atoms with E-state index in [-0.39, 0.29) is 0 Å². The summed E-state index contributed by atoms with van der Waals surface area (Å²) in [4.78, 5) is 0. The average molecular weight is 218 g/mol. The fourth-order valence-corrected chi connectivity index (χ4v) is 2.84. The van der Waals surface area contributed by atoms with Gasteiger partial charge in [-0.1, -0.05) is 44.5 Å². The highest BCUT2D eigenvalue weighted by atomic mass is 16.3. The second kappa shape index (κ2) is 4.58. The zero-order valence-electron chi connectivity index (χ0n) is 10.4. The molecule has 1 aromatic rings. The van der Waals surface area contributed by atoms with Crippen LogP contribution in [0.2, 0.25) is 0 Å². The van der Waals surface area contributed by atoms with Gasteiger partial charge in [0, 0.05) is 0 Å². The first-order chi connectivity index (χ1) is 7.64. The maximum absolute atomic E-state index is 10.7. The molecule has 1 N–H and O–H groups in total. The molecule has 16 heavy (non-hydrogen) atoms. The number of rotatable bonds is 2. The summed E-state index contributed by atoms with van der Waals surface area (Å²) < 4.78 is 0. The van der Waals surface area contributed by atoms with Crippen molar-refractivity contribution in [3.05, 3.63) is 35.4 Å². The Labute approximate surface area is 98.5 Å². The Bertz CT molecular complexity index is 341. The molecule has 1 saturated carbocycles. The van der Waals surface area contributed by atoms with Gasteiger partial charge in [-0.15, -0.1) is 0 Å². The SMILES string of the molecule is CCc1ccc([C@@]2(O)CCC[C@@H](C)C2)cc1. The van der Waals surface area contributed by atoms with Gasteiger partial charge in [0.05, 0.1) is 5.60 Å². The van der Waals surface area contributed by atoms with Crippen LogP contribution >= 0.6 is 0 Å². The second-order valence-electron chi connectivity index (χ2n) is 5.28. The van der Waals surface area contributed by atoms with E-state index >= 15 is 0 Å². The highest BCUT2D eigenvalue weighted by Crippen LogP contribution is 2.39. The predicted molar refractivity (Wildman–Crippen MR) is 67.3 cm³/mol. The quantitative estimate of drug-likeness (QED) is 0.803. The Morgan fingerprint density at radius 2 is 2.00 bits per heavy atom. The molecule has 0 spiro atoms. The van der Waals surface area contributed by atoms with Crippen LogP contribution in [0.25, 0.3) is 0 Å². The third-order valence-corrected chi connectivity index (χ3v) is 3.87. The second-order valence-corrected chi connectivity index (χ2v) is 5.28. The van der Waals surface area contributed by atoms with Gasteiger partial charge in [-0.3, -0.25) is 0 Å². The van der Waals surface area contributed by atoms with Crippen LogP contribution in [0.5, 0.6) is 0 Å². The molecule has 88 valence electrons. The molecule has 0 amide bonds. The standard InChI is InChI=1S/C15H22O/c1-3-13-6-8-14(9-7-13)15(16)10-4-5-12(2)11-15/h6-9,12,16H,3-5,10-11H2,1-2H3/t12-,15-/m1/s1. The molecule has 0 saturated heterocycles. The van der Waals surface area contributed by atoms with Gasteiger partial charge < -0.3 is 5.11 Å².